The van der Waals surface area contributed by atoms with Crippen LogP contribution in [0.1, 0.15) is 17.4 Å². The third-order valence-electron chi connectivity index (χ3n) is 5.49. The molecule has 2 aliphatic rings. The molecular formula is C23H20N2O7S. The number of hydrogen-bond donors (Lipinski definition) is 1. The van der Waals surface area contributed by atoms with E-state index in [1.165, 1.54) is 29.4 Å². The van der Waals surface area contributed by atoms with E-state index in [1.807, 2.05) is 0 Å². The molecule has 3 heterocycles. The van der Waals surface area contributed by atoms with Gasteiger partial charge in [-0.25, -0.2) is 8.42 Å². The molecule has 0 saturated heterocycles. The molecule has 1 N–H and O–H groups in total. The molecular weight excluding hydrogens is 448 g/mol. The number of benzene rings is 2. The number of anilines is 2. The van der Waals surface area contributed by atoms with Gasteiger partial charge in [0.15, 0.2) is 21.3 Å². The van der Waals surface area contributed by atoms with Gasteiger partial charge in [0.2, 0.25) is 11.8 Å². The third-order valence-corrected chi connectivity index (χ3v) is 7.59. The molecule has 2 aliphatic heterocycles. The van der Waals surface area contributed by atoms with Gasteiger partial charge in [-0.1, -0.05) is 12.1 Å². The van der Waals surface area contributed by atoms with Crippen LogP contribution in [0.4, 0.5) is 11.4 Å². The molecule has 0 bridgehead atoms. The first-order valence-electron chi connectivity index (χ1n) is 10.3. The zero-order valence-corrected chi connectivity index (χ0v) is 18.2. The summed E-state index contributed by atoms with van der Waals surface area (Å²) in [5.41, 5.74) is 0.634. The third kappa shape index (κ3) is 3.93. The van der Waals surface area contributed by atoms with Crippen molar-refractivity contribution in [3.05, 3.63) is 66.6 Å². The van der Waals surface area contributed by atoms with Crippen LogP contribution in [-0.4, -0.2) is 40.0 Å². The molecule has 2 amide bonds. The Morgan fingerprint density at radius 3 is 2.61 bits per heavy atom. The molecule has 33 heavy (non-hydrogen) atoms. The van der Waals surface area contributed by atoms with Crippen molar-refractivity contribution >= 4 is 33.0 Å². The Morgan fingerprint density at radius 1 is 1.03 bits per heavy atom. The van der Waals surface area contributed by atoms with Crippen LogP contribution in [0.5, 0.6) is 11.5 Å². The van der Waals surface area contributed by atoms with Crippen LogP contribution >= 0.6 is 0 Å². The number of amides is 2. The Morgan fingerprint density at radius 2 is 1.82 bits per heavy atom. The number of sulfone groups is 1. The van der Waals surface area contributed by atoms with Gasteiger partial charge in [-0.2, -0.15) is 0 Å². The number of hydrogen-bond acceptors (Lipinski definition) is 7. The second kappa shape index (κ2) is 8.28. The number of ether oxygens (including phenoxy) is 2. The maximum Gasteiger partial charge on any atom is 0.244 e. The van der Waals surface area contributed by atoms with Crippen molar-refractivity contribution < 1.29 is 31.9 Å². The SMILES string of the molecule is O=C(CN1C(=O)CC(c2ccco2)S(=O)(=O)c2ccccc21)Nc1ccc2c(c1)OCCO2. The Labute approximate surface area is 189 Å². The van der Waals surface area contributed by atoms with Crippen molar-refractivity contribution in [3.63, 3.8) is 0 Å². The summed E-state index contributed by atoms with van der Waals surface area (Å²) < 4.78 is 43.0. The standard InChI is InChI=1S/C23H20N2O7S/c26-22(24-15-7-8-17-19(12-15)32-11-10-31-17)14-25-16-4-1-2-6-20(16)33(28,29)21(13-23(25)27)18-5-3-9-30-18/h1-9,12,21H,10-11,13-14H2,(H,24,26). The van der Waals surface area contributed by atoms with Gasteiger partial charge < -0.3 is 24.1 Å². The maximum absolute atomic E-state index is 13.4. The van der Waals surface area contributed by atoms with Gasteiger partial charge in [-0.3, -0.25) is 9.59 Å². The molecule has 10 heteroatoms. The van der Waals surface area contributed by atoms with E-state index < -0.39 is 26.9 Å². The van der Waals surface area contributed by atoms with Crippen LogP contribution in [-0.2, 0) is 19.4 Å². The second-order valence-corrected chi connectivity index (χ2v) is 9.71. The number of carbonyl (C=O) groups is 2. The first-order chi connectivity index (χ1) is 15.9. The Balaban J connectivity index is 1.43. The van der Waals surface area contributed by atoms with Crippen LogP contribution in [0.2, 0.25) is 0 Å². The number of para-hydroxylation sites is 1. The summed E-state index contributed by atoms with van der Waals surface area (Å²) in [7, 11) is -3.93. The van der Waals surface area contributed by atoms with E-state index in [2.05, 4.69) is 5.32 Å². The second-order valence-electron chi connectivity index (χ2n) is 7.61. The van der Waals surface area contributed by atoms with Crippen molar-refractivity contribution in [2.75, 3.05) is 30.0 Å². The lowest BCUT2D eigenvalue weighted by molar-refractivity contribution is -0.121. The fourth-order valence-electron chi connectivity index (χ4n) is 3.95. The topological polar surface area (TPSA) is 115 Å². The van der Waals surface area contributed by atoms with Crippen LogP contribution in [0.15, 0.2) is 70.2 Å². The highest BCUT2D eigenvalue weighted by molar-refractivity contribution is 7.91. The lowest BCUT2D eigenvalue weighted by Crippen LogP contribution is -2.38. The van der Waals surface area contributed by atoms with Gasteiger partial charge in [-0.05, 0) is 36.4 Å². The van der Waals surface area contributed by atoms with E-state index in [0.29, 0.717) is 30.4 Å². The van der Waals surface area contributed by atoms with Crippen molar-refractivity contribution in [1.82, 2.24) is 0 Å². The minimum atomic E-state index is -3.93. The normalized spacial score (nSPS) is 18.8. The Bertz CT molecular complexity index is 1320. The van der Waals surface area contributed by atoms with Crippen LogP contribution in [0.3, 0.4) is 0 Å². The van der Waals surface area contributed by atoms with Crippen molar-refractivity contribution in [2.24, 2.45) is 0 Å². The number of rotatable bonds is 4. The minimum absolute atomic E-state index is 0.0237. The largest absolute Gasteiger partial charge is 0.486 e. The quantitative estimate of drug-likeness (QED) is 0.626. The first-order valence-corrected chi connectivity index (χ1v) is 11.8. The molecule has 170 valence electrons. The molecule has 5 rings (SSSR count). The molecule has 0 saturated carbocycles. The summed E-state index contributed by atoms with van der Waals surface area (Å²) in [5, 5.41) is 1.56. The van der Waals surface area contributed by atoms with Gasteiger partial charge in [0.1, 0.15) is 30.8 Å². The average Bonchev–Trinajstić information content (AvgIpc) is 3.33. The van der Waals surface area contributed by atoms with E-state index in [-0.39, 0.29) is 29.3 Å². The van der Waals surface area contributed by atoms with E-state index in [0.717, 1.165) is 0 Å². The smallest absolute Gasteiger partial charge is 0.244 e. The molecule has 1 atom stereocenters. The van der Waals surface area contributed by atoms with Crippen molar-refractivity contribution in [2.45, 2.75) is 16.6 Å². The first kappa shape index (κ1) is 21.1. The number of nitrogens with zero attached hydrogens (tertiary/aromatic N) is 1. The minimum Gasteiger partial charge on any atom is -0.486 e. The van der Waals surface area contributed by atoms with Crippen LogP contribution in [0.25, 0.3) is 0 Å². The number of furan rings is 1. The zero-order valence-electron chi connectivity index (χ0n) is 17.4. The molecule has 0 radical (unpaired) electrons. The molecule has 0 aliphatic carbocycles. The van der Waals surface area contributed by atoms with E-state index in [1.54, 1.807) is 36.4 Å². The highest BCUT2D eigenvalue weighted by Crippen LogP contribution is 2.40. The summed E-state index contributed by atoms with van der Waals surface area (Å²) in [5.74, 6) is 0.305. The van der Waals surface area contributed by atoms with E-state index in [4.69, 9.17) is 13.9 Å². The number of carbonyl (C=O) groups excluding carboxylic acids is 2. The molecule has 1 aromatic heterocycles. The molecule has 1 unspecified atom stereocenters. The van der Waals surface area contributed by atoms with Crippen LogP contribution < -0.4 is 19.7 Å². The summed E-state index contributed by atoms with van der Waals surface area (Å²) in [6.45, 7) is 0.510. The summed E-state index contributed by atoms with van der Waals surface area (Å²) >= 11 is 0. The highest BCUT2D eigenvalue weighted by atomic mass is 32.2. The fraction of sp³-hybridized carbons (Fsp3) is 0.217. The average molecular weight is 468 g/mol. The predicted octanol–water partition coefficient (Wildman–Crippen LogP) is 2.94. The van der Waals surface area contributed by atoms with Gasteiger partial charge >= 0.3 is 0 Å². The van der Waals surface area contributed by atoms with Gasteiger partial charge in [-0.15, -0.1) is 0 Å². The molecule has 9 nitrogen and oxygen atoms in total. The van der Waals surface area contributed by atoms with Crippen molar-refractivity contribution in [3.8, 4) is 11.5 Å². The fourth-order valence-corrected chi connectivity index (χ4v) is 5.80. The summed E-state index contributed by atoms with van der Waals surface area (Å²) in [4.78, 5) is 27.2. The zero-order chi connectivity index (χ0) is 23.0. The predicted molar refractivity (Wildman–Crippen MR) is 118 cm³/mol. The van der Waals surface area contributed by atoms with E-state index in [9.17, 15) is 18.0 Å². The monoisotopic (exact) mass is 468 g/mol. The maximum atomic E-state index is 13.4. The Hall–Kier alpha value is -3.79. The lowest BCUT2D eigenvalue weighted by atomic mass is 10.2. The summed E-state index contributed by atoms with van der Waals surface area (Å²) in [6, 6.07) is 14.3. The number of nitrogens with one attached hydrogen (secondary N) is 1. The summed E-state index contributed by atoms with van der Waals surface area (Å²) in [6.07, 6.45) is 1.02. The highest BCUT2D eigenvalue weighted by Gasteiger charge is 2.41. The van der Waals surface area contributed by atoms with E-state index >= 15 is 0 Å². The Kier molecular flexibility index (Phi) is 5.29. The number of fused-ring (bicyclic) bond motifs is 2. The molecule has 0 fully saturated rings. The van der Waals surface area contributed by atoms with Gasteiger partial charge in [0, 0.05) is 11.8 Å². The molecule has 3 aromatic rings. The molecule has 2 aromatic carbocycles. The van der Waals surface area contributed by atoms with Gasteiger partial charge in [0.25, 0.3) is 0 Å². The van der Waals surface area contributed by atoms with Crippen molar-refractivity contribution in [1.29, 1.82) is 0 Å². The van der Waals surface area contributed by atoms with Crippen LogP contribution in [0, 0.1) is 0 Å². The molecule has 0 spiro atoms. The van der Waals surface area contributed by atoms with Gasteiger partial charge in [0.05, 0.1) is 23.3 Å². The lowest BCUT2D eigenvalue weighted by Gasteiger charge is -2.22.